The molecular weight excluding hydrogens is 435 g/mol. The Kier molecular flexibility index (Phi) is 6.89. The number of esters is 1. The van der Waals surface area contributed by atoms with Gasteiger partial charge in [0, 0.05) is 29.0 Å². The minimum Gasteiger partial charge on any atom is -0.466 e. The predicted molar refractivity (Wildman–Crippen MR) is 132 cm³/mol. The molecule has 8 heteroatoms. The molecule has 0 N–H and O–H groups in total. The molecule has 0 radical (unpaired) electrons. The van der Waals surface area contributed by atoms with Gasteiger partial charge in [-0.3, -0.25) is 4.79 Å². The highest BCUT2D eigenvalue weighted by atomic mass is 19.2. The fourth-order valence-corrected chi connectivity index (χ4v) is 4.90. The van der Waals surface area contributed by atoms with Crippen LogP contribution in [0.3, 0.4) is 0 Å². The maximum atomic E-state index is 16.4. The molecule has 180 valence electrons. The van der Waals surface area contributed by atoms with Crippen LogP contribution in [0.2, 0.25) is 0 Å². The van der Waals surface area contributed by atoms with Crippen molar-refractivity contribution < 1.29 is 22.6 Å². The molecular formula is C26H32BF2N3O2. The zero-order valence-corrected chi connectivity index (χ0v) is 20.4. The SMILES string of the molecule is CCOC(=O)CCc1cc(C)c2n1[B-](F)(F)[N+]1=C(c3ccccc3)C=C(CCCN(C)C)C1=C2. The monoisotopic (exact) mass is 467 g/mol. The average molecular weight is 467 g/mol. The van der Waals surface area contributed by atoms with Gasteiger partial charge < -0.3 is 27.2 Å². The van der Waals surface area contributed by atoms with Gasteiger partial charge in [-0.2, -0.15) is 0 Å². The minimum absolute atomic E-state index is 0.0722. The van der Waals surface area contributed by atoms with Crippen molar-refractivity contribution in [2.24, 2.45) is 0 Å². The second-order valence-electron chi connectivity index (χ2n) is 9.19. The van der Waals surface area contributed by atoms with Crippen molar-refractivity contribution in [2.45, 2.75) is 39.5 Å². The molecule has 0 saturated carbocycles. The Hall–Kier alpha value is -3.00. The topological polar surface area (TPSA) is 37.5 Å². The number of benzene rings is 1. The largest absolute Gasteiger partial charge is 0.737 e. The maximum Gasteiger partial charge on any atom is 0.737 e. The van der Waals surface area contributed by atoms with Crippen molar-refractivity contribution in [1.82, 2.24) is 9.38 Å². The van der Waals surface area contributed by atoms with Gasteiger partial charge in [-0.15, -0.1) is 0 Å². The van der Waals surface area contributed by atoms with Gasteiger partial charge in [0.25, 0.3) is 0 Å². The summed E-state index contributed by atoms with van der Waals surface area (Å²) in [6.45, 7) is 0.606. The first kappa shape index (κ1) is 24.1. The maximum absolute atomic E-state index is 16.4. The van der Waals surface area contributed by atoms with Crippen molar-refractivity contribution in [3.05, 3.63) is 76.3 Å². The van der Waals surface area contributed by atoms with Crippen LogP contribution >= 0.6 is 0 Å². The highest BCUT2D eigenvalue weighted by Gasteiger charge is 2.54. The van der Waals surface area contributed by atoms with E-state index in [1.54, 1.807) is 13.0 Å². The Morgan fingerprint density at radius 1 is 1.15 bits per heavy atom. The lowest BCUT2D eigenvalue weighted by atomic mass is 9.88. The summed E-state index contributed by atoms with van der Waals surface area (Å²) < 4.78 is 40.2. The Bertz CT molecular complexity index is 1180. The van der Waals surface area contributed by atoms with Crippen LogP contribution in [0.4, 0.5) is 8.63 Å². The standard InChI is InChI=1S/C26H32BF2N3O2/c1-5-34-26(33)14-13-22-16-19(2)23-18-25-21(12-9-15-30(3)4)17-24(20-10-7-6-8-11-20)32(25)27(28,29)31(22)23/h6-8,10-11,16-18H,5,9,12-15H2,1-4H3. The zero-order chi connectivity index (χ0) is 24.5. The lowest BCUT2D eigenvalue weighted by Crippen LogP contribution is -2.51. The second kappa shape index (κ2) is 9.70. The van der Waals surface area contributed by atoms with Gasteiger partial charge in [-0.1, -0.05) is 18.2 Å². The third-order valence-electron chi connectivity index (χ3n) is 6.42. The molecule has 0 spiro atoms. The van der Waals surface area contributed by atoms with Crippen molar-refractivity contribution in [3.8, 4) is 0 Å². The Labute approximate surface area is 200 Å². The second-order valence-corrected chi connectivity index (χ2v) is 9.19. The molecule has 34 heavy (non-hydrogen) atoms. The normalized spacial score (nSPS) is 16.3. The quantitative estimate of drug-likeness (QED) is 0.398. The molecule has 0 bridgehead atoms. The van der Waals surface area contributed by atoms with Crippen molar-refractivity contribution in [2.75, 3.05) is 27.2 Å². The number of ether oxygens (including phenoxy) is 1. The smallest absolute Gasteiger partial charge is 0.466 e. The van der Waals surface area contributed by atoms with E-state index in [-0.39, 0.29) is 25.4 Å². The van der Waals surface area contributed by atoms with E-state index >= 15 is 8.63 Å². The molecule has 0 fully saturated rings. The number of nitrogens with zero attached hydrogens (tertiary/aromatic N) is 3. The highest BCUT2D eigenvalue weighted by molar-refractivity contribution is 6.58. The minimum atomic E-state index is -4.15. The molecule has 1 aromatic heterocycles. The predicted octanol–water partition coefficient (Wildman–Crippen LogP) is 4.65. The lowest BCUT2D eigenvalue weighted by molar-refractivity contribution is -0.362. The molecule has 4 rings (SSSR count). The van der Waals surface area contributed by atoms with Crippen LogP contribution in [0.5, 0.6) is 0 Å². The van der Waals surface area contributed by atoms with E-state index in [9.17, 15) is 4.79 Å². The van der Waals surface area contributed by atoms with Crippen molar-refractivity contribution in [1.29, 1.82) is 0 Å². The molecule has 2 aliphatic heterocycles. The van der Waals surface area contributed by atoms with Gasteiger partial charge in [0.2, 0.25) is 0 Å². The summed E-state index contributed by atoms with van der Waals surface area (Å²) in [5.41, 5.74) is 4.55. The average Bonchev–Trinajstić information content (AvgIpc) is 3.32. The van der Waals surface area contributed by atoms with Crippen molar-refractivity contribution >= 4 is 24.7 Å². The van der Waals surface area contributed by atoms with Crippen LogP contribution in [0, 0.1) is 6.92 Å². The van der Waals surface area contributed by atoms with Gasteiger partial charge in [0.15, 0.2) is 11.4 Å². The molecule has 5 nitrogen and oxygen atoms in total. The van der Waals surface area contributed by atoms with Crippen LogP contribution in [-0.4, -0.2) is 59.8 Å². The molecule has 0 saturated heterocycles. The Balaban J connectivity index is 1.79. The number of hydrogen-bond donors (Lipinski definition) is 0. The summed E-state index contributed by atoms with van der Waals surface area (Å²) >= 11 is 0. The van der Waals surface area contributed by atoms with E-state index in [0.717, 1.165) is 40.6 Å². The molecule has 0 aliphatic carbocycles. The van der Waals surface area contributed by atoms with Crippen molar-refractivity contribution in [3.63, 3.8) is 0 Å². The van der Waals surface area contributed by atoms with E-state index in [1.807, 2.05) is 63.5 Å². The van der Waals surface area contributed by atoms with Gasteiger partial charge in [0.05, 0.1) is 13.0 Å². The van der Waals surface area contributed by atoms with Crippen LogP contribution in [0.15, 0.2) is 53.7 Å². The number of carbonyl (C=O) groups excluding carboxylic acids is 1. The fourth-order valence-electron chi connectivity index (χ4n) is 4.90. The first-order valence-electron chi connectivity index (χ1n) is 11.9. The summed E-state index contributed by atoms with van der Waals surface area (Å²) in [5, 5.41) is 0. The zero-order valence-electron chi connectivity index (χ0n) is 20.4. The fraction of sp³-hybridized carbons (Fsp3) is 0.385. The van der Waals surface area contributed by atoms with Crippen LogP contribution in [0.25, 0.3) is 6.08 Å². The number of fused-ring (bicyclic) bond motifs is 2. The summed E-state index contributed by atoms with van der Waals surface area (Å²) in [4.78, 5) is 14.0. The first-order valence-corrected chi connectivity index (χ1v) is 11.9. The number of rotatable bonds is 9. The number of aryl methyl sites for hydroxylation is 2. The van der Waals surface area contributed by atoms with Crippen LogP contribution in [0.1, 0.15) is 48.7 Å². The molecule has 2 aliphatic rings. The van der Waals surface area contributed by atoms with Gasteiger partial charge in [-0.25, -0.2) is 0 Å². The lowest BCUT2D eigenvalue weighted by Gasteiger charge is -2.31. The van der Waals surface area contributed by atoms with E-state index in [1.165, 1.54) is 4.49 Å². The molecule has 0 amide bonds. The summed E-state index contributed by atoms with van der Waals surface area (Å²) in [6.07, 6.45) is 5.70. The van der Waals surface area contributed by atoms with Gasteiger partial charge in [-0.05, 0) is 83.2 Å². The van der Waals surface area contributed by atoms with E-state index < -0.39 is 6.97 Å². The number of aromatic nitrogens is 1. The van der Waals surface area contributed by atoms with E-state index in [4.69, 9.17) is 4.74 Å². The van der Waals surface area contributed by atoms with Crippen LogP contribution < -0.4 is 0 Å². The Morgan fingerprint density at radius 2 is 1.88 bits per heavy atom. The molecule has 1 aromatic carbocycles. The first-order chi connectivity index (χ1) is 16.2. The summed E-state index contributed by atoms with van der Waals surface area (Å²) in [7, 11) is 4.03. The molecule has 2 aromatic rings. The van der Waals surface area contributed by atoms with Gasteiger partial charge in [0.1, 0.15) is 0 Å². The van der Waals surface area contributed by atoms with E-state index in [0.29, 0.717) is 22.8 Å². The number of halogens is 2. The summed E-state index contributed by atoms with van der Waals surface area (Å²) in [5.74, 6) is -0.374. The number of hydrogen-bond acceptors (Lipinski definition) is 3. The molecule has 3 heterocycles. The molecule has 0 unspecified atom stereocenters. The number of carbonyl (C=O) groups is 1. The third-order valence-corrected chi connectivity index (χ3v) is 6.42. The van der Waals surface area contributed by atoms with Crippen LogP contribution in [-0.2, 0) is 16.0 Å². The summed E-state index contributed by atoms with van der Waals surface area (Å²) in [6, 6.07) is 11.1. The molecule has 0 atom stereocenters. The van der Waals surface area contributed by atoms with Gasteiger partial charge >= 0.3 is 12.9 Å². The highest BCUT2D eigenvalue weighted by Crippen LogP contribution is 2.39. The van der Waals surface area contributed by atoms with E-state index in [2.05, 4.69) is 4.90 Å². The third kappa shape index (κ3) is 4.51. The number of allylic oxidation sites excluding steroid dienone is 2. The Morgan fingerprint density at radius 3 is 2.56 bits per heavy atom.